The van der Waals surface area contributed by atoms with Gasteiger partial charge in [0.1, 0.15) is 7.05 Å². The Morgan fingerprint density at radius 1 is 0.677 bits per heavy atom. The van der Waals surface area contributed by atoms with Crippen molar-refractivity contribution in [2.45, 2.75) is 13.0 Å². The van der Waals surface area contributed by atoms with Crippen molar-refractivity contribution in [3.05, 3.63) is 49.1 Å². The minimum absolute atomic E-state index is 0.769. The summed E-state index contributed by atoms with van der Waals surface area (Å²) in [6, 6.07) is 8.46. The third-order valence-corrected chi connectivity index (χ3v) is 2.72. The fourth-order valence-electron chi connectivity index (χ4n) is 1.69. The molecule has 0 saturated carbocycles. The van der Waals surface area contributed by atoms with Crippen LogP contribution in [0.5, 0.6) is 0 Å². The van der Waals surface area contributed by atoms with Crippen molar-refractivity contribution in [2.24, 2.45) is 7.05 Å². The molecule has 2 rings (SSSR count). The van der Waals surface area contributed by atoms with Gasteiger partial charge in [0.05, 0.1) is 6.42 Å². The number of terminal acetylenes is 1. The molecule has 0 aromatic carbocycles. The second-order valence-corrected chi connectivity index (χ2v) is 9.78. The molecule has 31 heavy (non-hydrogen) atoms. The van der Waals surface area contributed by atoms with Crippen molar-refractivity contribution in [3.63, 3.8) is 0 Å². The van der Waals surface area contributed by atoms with Crippen LogP contribution < -0.4 is 9.13 Å². The van der Waals surface area contributed by atoms with Crippen molar-refractivity contribution in [1.29, 1.82) is 0 Å². The van der Waals surface area contributed by atoms with Crippen LogP contribution in [0.25, 0.3) is 11.1 Å². The fourth-order valence-corrected chi connectivity index (χ4v) is 1.69. The zero-order valence-corrected chi connectivity index (χ0v) is 17.2. The van der Waals surface area contributed by atoms with E-state index in [0.717, 1.165) is 13.0 Å². The first-order valence-corrected chi connectivity index (χ1v) is 11.8. The summed E-state index contributed by atoms with van der Waals surface area (Å²) in [6.45, 7) is 0.876. The van der Waals surface area contributed by atoms with E-state index in [9.17, 15) is 50.4 Å². The monoisotopic (exact) mass is 514 g/mol. The topological polar surface area (TPSA) is 7.76 Å². The summed E-state index contributed by atoms with van der Waals surface area (Å²) in [5.74, 6) is 2.65. The van der Waals surface area contributed by atoms with Crippen molar-refractivity contribution in [1.82, 2.24) is 0 Å². The summed E-state index contributed by atoms with van der Waals surface area (Å²) < 4.78 is 123. The number of aryl methyl sites for hydroxylation is 2. The van der Waals surface area contributed by atoms with E-state index >= 15 is 0 Å². The van der Waals surface area contributed by atoms with Crippen LogP contribution in [0, 0.1) is 12.3 Å². The van der Waals surface area contributed by atoms with Crippen molar-refractivity contribution >= 4 is 15.6 Å². The number of nitrogens with zero attached hydrogens (tertiary/aromatic N) is 2. The van der Waals surface area contributed by atoms with Gasteiger partial charge in [-0.1, -0.05) is 0 Å². The molecule has 180 valence electrons. The minimum atomic E-state index is -10.7. The summed E-state index contributed by atoms with van der Waals surface area (Å²) >= 11 is 0. The Morgan fingerprint density at radius 3 is 1.26 bits per heavy atom. The molecule has 0 fully saturated rings. The Labute approximate surface area is 168 Å². The Morgan fingerprint density at radius 2 is 0.968 bits per heavy atom. The molecule has 2 aromatic heterocycles. The van der Waals surface area contributed by atoms with Gasteiger partial charge in [-0.15, -0.1) is 12.3 Å². The summed E-state index contributed by atoms with van der Waals surface area (Å²) in [5.41, 5.74) is 2.45. The number of hydrogen-bond donors (Lipinski definition) is 0. The molecule has 2 nitrogen and oxygen atoms in total. The zero-order chi connectivity index (χ0) is 24.9. The van der Waals surface area contributed by atoms with E-state index in [2.05, 4.69) is 59.5 Å². The standard InChI is InChI=1S/C15H16N2.2F6P/c1-3-4-9-17-12-7-15(8-13-17)14-5-10-16(2)11-6-14;2*1-7(2,3,4,5)6/h1,5-8,10-13H,4,9H2,2H3;;/q+2;2*-1. The van der Waals surface area contributed by atoms with Gasteiger partial charge in [0.25, 0.3) is 0 Å². The number of halogens is 12. The molecule has 0 spiro atoms. The van der Waals surface area contributed by atoms with E-state index in [0.29, 0.717) is 0 Å². The van der Waals surface area contributed by atoms with Gasteiger partial charge in [-0.3, -0.25) is 0 Å². The van der Waals surface area contributed by atoms with E-state index in [1.165, 1.54) is 11.1 Å². The second-order valence-electron chi connectivity index (χ2n) is 5.95. The van der Waals surface area contributed by atoms with E-state index < -0.39 is 15.6 Å². The predicted molar refractivity (Wildman–Crippen MR) is 93.8 cm³/mol. The van der Waals surface area contributed by atoms with Gasteiger partial charge in [-0.25, -0.2) is 9.13 Å². The molecule has 0 saturated heterocycles. The normalized spacial score (nSPS) is 15.9. The van der Waals surface area contributed by atoms with Gasteiger partial charge in [0.15, 0.2) is 31.3 Å². The average Bonchev–Trinajstić information content (AvgIpc) is 2.48. The van der Waals surface area contributed by atoms with Gasteiger partial charge >= 0.3 is 66.0 Å². The van der Waals surface area contributed by atoms with Crippen LogP contribution in [0.2, 0.25) is 0 Å². The zero-order valence-electron chi connectivity index (χ0n) is 15.4. The third kappa shape index (κ3) is 27.9. The fraction of sp³-hybridized carbons (Fsp3) is 0.200. The first-order chi connectivity index (χ1) is 13.2. The molecule has 2 heterocycles. The quantitative estimate of drug-likeness (QED) is 0.169. The molecule has 0 aliphatic carbocycles. The summed E-state index contributed by atoms with van der Waals surface area (Å²) in [5, 5.41) is 0. The maximum absolute atomic E-state index is 10.7. The molecule has 0 radical (unpaired) electrons. The summed E-state index contributed by atoms with van der Waals surface area (Å²) in [7, 11) is -19.3. The van der Waals surface area contributed by atoms with E-state index in [1.54, 1.807) is 0 Å². The van der Waals surface area contributed by atoms with Crippen molar-refractivity contribution in [2.75, 3.05) is 0 Å². The van der Waals surface area contributed by atoms with E-state index in [-0.39, 0.29) is 0 Å². The molecule has 16 heteroatoms. The molecule has 0 unspecified atom stereocenters. The molecule has 0 atom stereocenters. The summed E-state index contributed by atoms with van der Waals surface area (Å²) in [6.07, 6.45) is 14.3. The van der Waals surface area contributed by atoms with Gasteiger partial charge in [0.2, 0.25) is 0 Å². The molecule has 0 bridgehead atoms. The van der Waals surface area contributed by atoms with E-state index in [1.807, 2.05) is 11.6 Å². The second kappa shape index (κ2) is 7.78. The maximum atomic E-state index is 9.87. The predicted octanol–water partition coefficient (Wildman–Crippen LogP) is 8.25. The van der Waals surface area contributed by atoms with Crippen LogP contribution in [-0.4, -0.2) is 0 Å². The van der Waals surface area contributed by atoms with Crippen LogP contribution in [-0.2, 0) is 13.6 Å². The molecule has 0 N–H and O–H groups in total. The summed E-state index contributed by atoms with van der Waals surface area (Å²) in [4.78, 5) is 0. The number of aromatic nitrogens is 2. The first kappa shape index (κ1) is 28.9. The molecule has 0 aliphatic heterocycles. The average molecular weight is 514 g/mol. The molecule has 2 aromatic rings. The van der Waals surface area contributed by atoms with Gasteiger partial charge < -0.3 is 0 Å². The Kier molecular flexibility index (Phi) is 7.25. The number of hydrogen-bond acceptors (Lipinski definition) is 0. The Balaban J connectivity index is 0.000000536. The van der Waals surface area contributed by atoms with Crippen LogP contribution in [0.1, 0.15) is 6.42 Å². The van der Waals surface area contributed by atoms with Gasteiger partial charge in [-0.05, 0) is 11.1 Å². The van der Waals surface area contributed by atoms with Gasteiger partial charge in [0, 0.05) is 24.3 Å². The Bertz CT molecular complexity index is 859. The Hall–Kier alpha value is -2.12. The van der Waals surface area contributed by atoms with Crippen molar-refractivity contribution in [3.8, 4) is 23.5 Å². The van der Waals surface area contributed by atoms with Crippen LogP contribution in [0.3, 0.4) is 0 Å². The SMILES string of the molecule is C#CCC[n+]1ccc(-c2cc[n+](C)cc2)cc1.F[P-](F)(F)(F)(F)F.F[P-](F)(F)(F)(F)F. The van der Waals surface area contributed by atoms with Crippen LogP contribution in [0.15, 0.2) is 49.1 Å². The van der Waals surface area contributed by atoms with Gasteiger partial charge in [-0.2, -0.15) is 0 Å². The first-order valence-electron chi connectivity index (χ1n) is 7.70. The van der Waals surface area contributed by atoms with Crippen LogP contribution in [0.4, 0.5) is 50.4 Å². The molecular weight excluding hydrogens is 498 g/mol. The molecule has 0 amide bonds. The van der Waals surface area contributed by atoms with Crippen molar-refractivity contribution < 1.29 is 59.5 Å². The van der Waals surface area contributed by atoms with E-state index in [4.69, 9.17) is 6.42 Å². The number of pyridine rings is 2. The third-order valence-electron chi connectivity index (χ3n) is 2.72. The number of rotatable bonds is 3. The molecular formula is C15H16F12N2P2. The molecule has 0 aliphatic rings. The van der Waals surface area contributed by atoms with Crippen LogP contribution >= 0.6 is 15.6 Å².